The van der Waals surface area contributed by atoms with Crippen LogP contribution in [0.5, 0.6) is 0 Å². The van der Waals surface area contributed by atoms with E-state index < -0.39 is 11.7 Å². The van der Waals surface area contributed by atoms with Crippen LogP contribution in [0.15, 0.2) is 24.3 Å². The van der Waals surface area contributed by atoms with E-state index in [0.717, 1.165) is 0 Å². The molecule has 0 aliphatic carbocycles. The van der Waals surface area contributed by atoms with Gasteiger partial charge in [-0.05, 0) is 32.4 Å². The fraction of sp³-hybridized carbons (Fsp3) is 0.533. The van der Waals surface area contributed by atoms with Crippen molar-refractivity contribution in [1.82, 2.24) is 4.90 Å². The monoisotopic (exact) mass is 280 g/mol. The van der Waals surface area contributed by atoms with Crippen molar-refractivity contribution >= 4 is 6.09 Å². The first kappa shape index (κ1) is 14.8. The molecule has 0 radical (unpaired) electrons. The van der Waals surface area contributed by atoms with Crippen molar-refractivity contribution in [3.05, 3.63) is 35.6 Å². The number of nitrogens with zero attached hydrogens (tertiary/aromatic N) is 1. The first-order chi connectivity index (χ1) is 9.28. The number of likely N-dealkylation sites (tertiary alicyclic amines) is 1. The van der Waals surface area contributed by atoms with Crippen LogP contribution in [0.25, 0.3) is 0 Å². The topological polar surface area (TPSA) is 55.6 Å². The van der Waals surface area contributed by atoms with E-state index in [1.807, 2.05) is 20.8 Å². The zero-order valence-corrected chi connectivity index (χ0v) is 12.1. The predicted molar refractivity (Wildman–Crippen MR) is 74.9 cm³/mol. The molecule has 4 nitrogen and oxygen atoms in total. The molecule has 2 N–H and O–H groups in total. The molecule has 5 heteroatoms. The molecular formula is C15H21FN2O2. The highest BCUT2D eigenvalue weighted by molar-refractivity contribution is 5.69. The molecule has 1 fully saturated rings. The number of nitrogens with two attached hydrogens (primary N) is 1. The number of amides is 1. The highest BCUT2D eigenvalue weighted by Gasteiger charge is 2.36. The number of carbonyl (C=O) groups excluding carboxylic acids is 1. The van der Waals surface area contributed by atoms with Gasteiger partial charge < -0.3 is 15.4 Å². The Labute approximate surface area is 118 Å². The summed E-state index contributed by atoms with van der Waals surface area (Å²) in [4.78, 5) is 13.6. The van der Waals surface area contributed by atoms with Gasteiger partial charge >= 0.3 is 6.09 Å². The quantitative estimate of drug-likeness (QED) is 0.860. The number of halogens is 1. The Morgan fingerprint density at radius 3 is 2.60 bits per heavy atom. The number of hydrogen-bond donors (Lipinski definition) is 1. The van der Waals surface area contributed by atoms with Crippen molar-refractivity contribution in [1.29, 1.82) is 0 Å². The van der Waals surface area contributed by atoms with Crippen molar-refractivity contribution in [3.8, 4) is 0 Å². The van der Waals surface area contributed by atoms with Crippen molar-refractivity contribution in [2.75, 3.05) is 13.1 Å². The summed E-state index contributed by atoms with van der Waals surface area (Å²) in [6, 6.07) is 6.28. The Balaban J connectivity index is 2.10. The second kappa shape index (κ2) is 5.40. The third-order valence-electron chi connectivity index (χ3n) is 3.32. The van der Waals surface area contributed by atoms with Gasteiger partial charge in [0.1, 0.15) is 11.4 Å². The summed E-state index contributed by atoms with van der Waals surface area (Å²) >= 11 is 0. The lowest BCUT2D eigenvalue weighted by Crippen LogP contribution is -2.36. The van der Waals surface area contributed by atoms with Crippen LogP contribution in [0.1, 0.15) is 32.3 Å². The maximum Gasteiger partial charge on any atom is 0.410 e. The minimum Gasteiger partial charge on any atom is -0.444 e. The molecule has 1 aromatic rings. The lowest BCUT2D eigenvalue weighted by molar-refractivity contribution is 0.0290. The molecule has 1 heterocycles. The number of rotatable bonds is 1. The van der Waals surface area contributed by atoms with Gasteiger partial charge in [-0.2, -0.15) is 0 Å². The lowest BCUT2D eigenvalue weighted by Gasteiger charge is -2.24. The Morgan fingerprint density at radius 2 is 2.00 bits per heavy atom. The summed E-state index contributed by atoms with van der Waals surface area (Å²) in [6.07, 6.45) is -0.396. The zero-order chi connectivity index (χ0) is 14.9. The standard InChI is InChI=1S/C15H21FN2O2/c1-15(2,3)20-14(19)18-8-11(13(17)9-18)10-6-4-5-7-12(10)16/h4-7,11,13H,8-9,17H2,1-3H3. The smallest absolute Gasteiger partial charge is 0.410 e. The number of ether oxygens (including phenoxy) is 1. The van der Waals surface area contributed by atoms with Crippen LogP contribution < -0.4 is 5.73 Å². The fourth-order valence-electron chi connectivity index (χ4n) is 2.41. The van der Waals surface area contributed by atoms with Gasteiger partial charge in [0, 0.05) is 25.0 Å². The van der Waals surface area contributed by atoms with E-state index >= 15 is 0 Å². The van der Waals surface area contributed by atoms with Gasteiger partial charge in [-0.1, -0.05) is 18.2 Å². The molecule has 0 spiro atoms. The molecule has 1 aromatic carbocycles. The maximum absolute atomic E-state index is 13.8. The van der Waals surface area contributed by atoms with E-state index in [1.165, 1.54) is 6.07 Å². The van der Waals surface area contributed by atoms with Crippen LogP contribution in [0.4, 0.5) is 9.18 Å². The Morgan fingerprint density at radius 1 is 1.35 bits per heavy atom. The fourth-order valence-corrected chi connectivity index (χ4v) is 2.41. The summed E-state index contributed by atoms with van der Waals surface area (Å²) < 4.78 is 19.1. The van der Waals surface area contributed by atoms with Gasteiger partial charge in [-0.3, -0.25) is 0 Å². The van der Waals surface area contributed by atoms with Crippen molar-refractivity contribution in [2.24, 2.45) is 5.73 Å². The second-order valence-electron chi connectivity index (χ2n) is 6.18. The van der Waals surface area contributed by atoms with E-state index in [2.05, 4.69) is 0 Å². The molecule has 0 bridgehead atoms. The largest absolute Gasteiger partial charge is 0.444 e. The van der Waals surface area contributed by atoms with Crippen LogP contribution in [0.2, 0.25) is 0 Å². The first-order valence-corrected chi connectivity index (χ1v) is 6.76. The first-order valence-electron chi connectivity index (χ1n) is 6.76. The summed E-state index contributed by atoms with van der Waals surface area (Å²) in [7, 11) is 0. The van der Waals surface area contributed by atoms with Crippen LogP contribution in [-0.4, -0.2) is 35.7 Å². The SMILES string of the molecule is CC(C)(C)OC(=O)N1CC(N)C(c2ccccc2F)C1. The minimum atomic E-state index is -0.544. The Kier molecular flexibility index (Phi) is 3.99. The maximum atomic E-state index is 13.8. The summed E-state index contributed by atoms with van der Waals surface area (Å²) in [5.74, 6) is -0.470. The highest BCUT2D eigenvalue weighted by Crippen LogP contribution is 2.29. The molecule has 1 amide bonds. The summed E-state index contributed by atoms with van der Waals surface area (Å²) in [5, 5.41) is 0. The third-order valence-corrected chi connectivity index (χ3v) is 3.32. The summed E-state index contributed by atoms with van der Waals surface area (Å²) in [6.45, 7) is 6.21. The van der Waals surface area contributed by atoms with Gasteiger partial charge in [0.2, 0.25) is 0 Å². The highest BCUT2D eigenvalue weighted by atomic mass is 19.1. The number of hydrogen-bond acceptors (Lipinski definition) is 3. The Bertz CT molecular complexity index is 499. The third kappa shape index (κ3) is 3.28. The molecule has 2 unspecified atom stereocenters. The van der Waals surface area contributed by atoms with Crippen molar-refractivity contribution in [2.45, 2.75) is 38.3 Å². The van der Waals surface area contributed by atoms with Crippen LogP contribution in [0, 0.1) is 5.82 Å². The molecule has 2 rings (SSSR count). The van der Waals surface area contributed by atoms with Gasteiger partial charge in [-0.25, -0.2) is 9.18 Å². The van der Waals surface area contributed by atoms with Gasteiger partial charge in [0.15, 0.2) is 0 Å². The van der Waals surface area contributed by atoms with Crippen LogP contribution >= 0.6 is 0 Å². The average molecular weight is 280 g/mol. The average Bonchev–Trinajstić information content (AvgIpc) is 2.70. The lowest BCUT2D eigenvalue weighted by atomic mass is 9.94. The summed E-state index contributed by atoms with van der Waals surface area (Å²) in [5.41, 5.74) is 6.07. The van der Waals surface area contributed by atoms with Crippen molar-refractivity contribution < 1.29 is 13.9 Å². The molecule has 20 heavy (non-hydrogen) atoms. The molecule has 2 atom stereocenters. The molecule has 1 aliphatic heterocycles. The van der Waals surface area contributed by atoms with E-state index in [1.54, 1.807) is 23.1 Å². The Hall–Kier alpha value is -1.62. The van der Waals surface area contributed by atoms with E-state index in [0.29, 0.717) is 18.7 Å². The molecule has 110 valence electrons. The van der Waals surface area contributed by atoms with E-state index in [4.69, 9.17) is 10.5 Å². The van der Waals surface area contributed by atoms with Crippen molar-refractivity contribution in [3.63, 3.8) is 0 Å². The van der Waals surface area contributed by atoms with Gasteiger partial charge in [-0.15, -0.1) is 0 Å². The van der Waals surface area contributed by atoms with Gasteiger partial charge in [0.25, 0.3) is 0 Å². The van der Waals surface area contributed by atoms with E-state index in [-0.39, 0.29) is 17.8 Å². The molecule has 1 aliphatic rings. The predicted octanol–water partition coefficient (Wildman–Crippen LogP) is 2.49. The normalized spacial score (nSPS) is 22.9. The second-order valence-corrected chi connectivity index (χ2v) is 6.18. The van der Waals surface area contributed by atoms with Crippen LogP contribution in [-0.2, 0) is 4.74 Å². The number of carbonyl (C=O) groups is 1. The number of benzene rings is 1. The molecular weight excluding hydrogens is 259 g/mol. The van der Waals surface area contributed by atoms with Crippen LogP contribution in [0.3, 0.4) is 0 Å². The minimum absolute atomic E-state index is 0.191. The molecule has 0 aromatic heterocycles. The zero-order valence-electron chi connectivity index (χ0n) is 12.1. The van der Waals surface area contributed by atoms with Gasteiger partial charge in [0.05, 0.1) is 0 Å². The molecule has 1 saturated heterocycles. The molecule has 0 saturated carbocycles. The van der Waals surface area contributed by atoms with E-state index in [9.17, 15) is 9.18 Å².